The smallest absolute Gasteiger partial charge is 0.326 e. The van der Waals surface area contributed by atoms with Crippen molar-refractivity contribution in [2.24, 2.45) is 0 Å². The second-order valence-corrected chi connectivity index (χ2v) is 7.56. The number of amides is 1. The lowest BCUT2D eigenvalue weighted by atomic mass is 10.1. The standard InChI is InChI=1S/C20H22Cl2N4O4/c1-12(23)24-6-2-5-17(20(29)30)25-18(27)16-4-3-7-26(19(16)28)11-13-8-14(21)10-15(22)9-13/h3-4,7-10,17H,2,5-6,11H2,1H3,(H2,23,24)(H,25,27)(H,29,30)/t17-/m0/s1. The van der Waals surface area contributed by atoms with Gasteiger partial charge in [0.05, 0.1) is 12.4 Å². The van der Waals surface area contributed by atoms with Gasteiger partial charge in [-0.25, -0.2) is 4.79 Å². The normalized spacial score (nSPS) is 11.6. The van der Waals surface area contributed by atoms with Gasteiger partial charge in [0.2, 0.25) is 0 Å². The van der Waals surface area contributed by atoms with Crippen molar-refractivity contribution in [2.45, 2.75) is 32.4 Å². The van der Waals surface area contributed by atoms with Crippen LogP contribution in [0.2, 0.25) is 10.0 Å². The number of rotatable bonds is 9. The van der Waals surface area contributed by atoms with Gasteiger partial charge in [-0.2, -0.15) is 0 Å². The first kappa shape index (κ1) is 23.4. The van der Waals surface area contributed by atoms with E-state index in [9.17, 15) is 19.5 Å². The molecule has 8 nitrogen and oxygen atoms in total. The van der Waals surface area contributed by atoms with Gasteiger partial charge in [0.25, 0.3) is 11.5 Å². The van der Waals surface area contributed by atoms with Gasteiger partial charge in [0.15, 0.2) is 0 Å². The Hall–Kier alpha value is -2.84. The van der Waals surface area contributed by atoms with E-state index in [1.165, 1.54) is 22.9 Å². The number of nitrogens with one attached hydrogen (secondary N) is 3. The average molecular weight is 453 g/mol. The molecule has 0 saturated heterocycles. The first-order chi connectivity index (χ1) is 14.2. The van der Waals surface area contributed by atoms with Crippen molar-refractivity contribution < 1.29 is 14.7 Å². The molecule has 2 aromatic rings. The quantitative estimate of drug-likeness (QED) is 0.264. The highest BCUT2D eigenvalue weighted by Gasteiger charge is 2.22. The molecule has 0 radical (unpaired) electrons. The predicted octanol–water partition coefficient (Wildman–Crippen LogP) is 2.75. The van der Waals surface area contributed by atoms with E-state index in [4.69, 9.17) is 28.6 Å². The molecule has 0 saturated carbocycles. The van der Waals surface area contributed by atoms with Gasteiger partial charge in [-0.1, -0.05) is 23.2 Å². The number of carbonyl (C=O) groups is 2. The first-order valence-corrected chi connectivity index (χ1v) is 9.90. The third-order valence-electron chi connectivity index (χ3n) is 4.20. The van der Waals surface area contributed by atoms with Crippen LogP contribution in [0.5, 0.6) is 0 Å². The van der Waals surface area contributed by atoms with E-state index >= 15 is 0 Å². The summed E-state index contributed by atoms with van der Waals surface area (Å²) in [5.41, 5.74) is -0.0359. The van der Waals surface area contributed by atoms with E-state index in [1.54, 1.807) is 25.1 Å². The van der Waals surface area contributed by atoms with E-state index in [0.29, 0.717) is 28.6 Å². The fourth-order valence-corrected chi connectivity index (χ4v) is 3.38. The molecule has 0 spiro atoms. The van der Waals surface area contributed by atoms with Crippen LogP contribution in [0.3, 0.4) is 0 Å². The van der Waals surface area contributed by atoms with Gasteiger partial charge in [-0.15, -0.1) is 0 Å². The second-order valence-electron chi connectivity index (χ2n) is 6.69. The number of halogens is 2. The van der Waals surface area contributed by atoms with Gasteiger partial charge in [-0.3, -0.25) is 15.0 Å². The molecular weight excluding hydrogens is 431 g/mol. The van der Waals surface area contributed by atoms with Crippen LogP contribution in [-0.4, -0.2) is 40.0 Å². The molecule has 10 heteroatoms. The molecule has 1 atom stereocenters. The summed E-state index contributed by atoms with van der Waals surface area (Å²) in [5.74, 6) is -1.68. The Morgan fingerprint density at radius 1 is 1.23 bits per heavy atom. The van der Waals surface area contributed by atoms with Gasteiger partial charge < -0.3 is 20.3 Å². The molecule has 0 unspecified atom stereocenters. The fourth-order valence-electron chi connectivity index (χ4n) is 2.81. The molecule has 0 fully saturated rings. The summed E-state index contributed by atoms with van der Waals surface area (Å²) >= 11 is 12.0. The molecule has 1 amide bonds. The lowest BCUT2D eigenvalue weighted by Gasteiger charge is -2.15. The van der Waals surface area contributed by atoms with Gasteiger partial charge in [0.1, 0.15) is 11.6 Å². The number of amidine groups is 1. The van der Waals surface area contributed by atoms with Crippen LogP contribution in [0.25, 0.3) is 0 Å². The fraction of sp³-hybridized carbons (Fsp3) is 0.300. The van der Waals surface area contributed by atoms with E-state index in [0.717, 1.165) is 0 Å². The minimum atomic E-state index is -1.19. The van der Waals surface area contributed by atoms with Crippen molar-refractivity contribution in [3.8, 4) is 0 Å². The topological polar surface area (TPSA) is 124 Å². The number of carboxylic acids is 1. The summed E-state index contributed by atoms with van der Waals surface area (Å²) in [7, 11) is 0. The number of carbonyl (C=O) groups excluding carboxylic acids is 1. The summed E-state index contributed by atoms with van der Waals surface area (Å²) in [6, 6.07) is 6.64. The molecule has 0 aliphatic rings. The summed E-state index contributed by atoms with van der Waals surface area (Å²) in [5, 5.41) is 22.7. The molecule has 1 aromatic carbocycles. The summed E-state index contributed by atoms with van der Waals surface area (Å²) < 4.78 is 1.32. The maximum atomic E-state index is 12.7. The van der Waals surface area contributed by atoms with Crippen LogP contribution in [0.15, 0.2) is 41.3 Å². The number of aliphatic carboxylic acids is 1. The third-order valence-corrected chi connectivity index (χ3v) is 4.64. The zero-order valence-corrected chi connectivity index (χ0v) is 17.8. The maximum absolute atomic E-state index is 12.7. The Morgan fingerprint density at radius 3 is 2.50 bits per heavy atom. The van der Waals surface area contributed by atoms with Crippen molar-refractivity contribution in [3.05, 3.63) is 68.1 Å². The highest BCUT2D eigenvalue weighted by Crippen LogP contribution is 2.19. The molecule has 160 valence electrons. The van der Waals surface area contributed by atoms with Crippen molar-refractivity contribution in [1.82, 2.24) is 15.2 Å². The first-order valence-electron chi connectivity index (χ1n) is 9.14. The lowest BCUT2D eigenvalue weighted by Crippen LogP contribution is -2.43. The second kappa shape index (κ2) is 10.8. The molecule has 0 bridgehead atoms. The van der Waals surface area contributed by atoms with Crippen LogP contribution >= 0.6 is 23.2 Å². The van der Waals surface area contributed by atoms with Crippen molar-refractivity contribution in [2.75, 3.05) is 6.54 Å². The number of nitrogens with zero attached hydrogens (tertiary/aromatic N) is 1. The largest absolute Gasteiger partial charge is 0.480 e. The van der Waals surface area contributed by atoms with Crippen molar-refractivity contribution >= 4 is 40.9 Å². The molecule has 30 heavy (non-hydrogen) atoms. The molecular formula is C20H22Cl2N4O4. The molecule has 1 heterocycles. The van der Waals surface area contributed by atoms with Crippen molar-refractivity contribution in [3.63, 3.8) is 0 Å². The minimum absolute atomic E-state index is 0.150. The van der Waals surface area contributed by atoms with Gasteiger partial charge >= 0.3 is 5.97 Å². The Balaban J connectivity index is 2.13. The molecule has 4 N–H and O–H groups in total. The molecule has 0 aliphatic heterocycles. The Morgan fingerprint density at radius 2 is 1.90 bits per heavy atom. The van der Waals surface area contributed by atoms with Gasteiger partial charge in [-0.05, 0) is 55.7 Å². The van der Waals surface area contributed by atoms with Crippen LogP contribution in [-0.2, 0) is 11.3 Å². The van der Waals surface area contributed by atoms with E-state index in [-0.39, 0.29) is 24.4 Å². The van der Waals surface area contributed by atoms with Crippen molar-refractivity contribution in [1.29, 1.82) is 5.41 Å². The SMILES string of the molecule is CC(=N)NCCC[C@H](NC(=O)c1cccn(Cc2cc(Cl)cc(Cl)c2)c1=O)C(=O)O. The summed E-state index contributed by atoms with van der Waals surface area (Å²) in [4.78, 5) is 36.7. The lowest BCUT2D eigenvalue weighted by molar-refractivity contribution is -0.139. The minimum Gasteiger partial charge on any atom is -0.480 e. The van der Waals surface area contributed by atoms with E-state index in [1.807, 2.05) is 0 Å². The Bertz CT molecular complexity index is 986. The highest BCUT2D eigenvalue weighted by molar-refractivity contribution is 6.34. The summed E-state index contributed by atoms with van der Waals surface area (Å²) in [6.07, 6.45) is 2.11. The Labute approximate surface area is 183 Å². The maximum Gasteiger partial charge on any atom is 0.326 e. The number of hydrogen-bond donors (Lipinski definition) is 4. The van der Waals surface area contributed by atoms with Crippen LogP contribution in [0.1, 0.15) is 35.7 Å². The molecule has 2 rings (SSSR count). The number of carboxylic acid groups (broad SMARTS) is 1. The highest BCUT2D eigenvalue weighted by atomic mass is 35.5. The Kier molecular flexibility index (Phi) is 8.44. The zero-order valence-electron chi connectivity index (χ0n) is 16.2. The summed E-state index contributed by atoms with van der Waals surface area (Å²) in [6.45, 7) is 2.14. The van der Waals surface area contributed by atoms with E-state index in [2.05, 4.69) is 10.6 Å². The molecule has 0 aliphatic carbocycles. The third kappa shape index (κ3) is 6.89. The van der Waals surface area contributed by atoms with Crippen LogP contribution in [0, 0.1) is 5.41 Å². The average Bonchev–Trinajstić information content (AvgIpc) is 2.64. The van der Waals surface area contributed by atoms with Gasteiger partial charge in [0, 0.05) is 22.8 Å². The van der Waals surface area contributed by atoms with Crippen LogP contribution in [0.4, 0.5) is 0 Å². The molecule has 1 aromatic heterocycles. The zero-order chi connectivity index (χ0) is 22.3. The number of aromatic nitrogens is 1. The van der Waals surface area contributed by atoms with E-state index < -0.39 is 23.5 Å². The number of benzene rings is 1. The van der Waals surface area contributed by atoms with Crippen LogP contribution < -0.4 is 16.2 Å². The number of pyridine rings is 1. The number of hydrogen-bond acceptors (Lipinski definition) is 4. The monoisotopic (exact) mass is 452 g/mol. The predicted molar refractivity (Wildman–Crippen MR) is 116 cm³/mol.